The van der Waals surface area contributed by atoms with Crippen molar-refractivity contribution in [2.75, 3.05) is 6.61 Å². The van der Waals surface area contributed by atoms with E-state index in [1.807, 2.05) is 13.8 Å². The molecule has 0 amide bonds. The first-order chi connectivity index (χ1) is 7.69. The molecule has 0 heterocycles. The second-order valence-electron chi connectivity index (χ2n) is 4.72. The molecule has 1 unspecified atom stereocenters. The highest BCUT2D eigenvalue weighted by Crippen LogP contribution is 2.34. The van der Waals surface area contributed by atoms with Crippen LogP contribution in [0, 0.1) is 17.8 Å². The van der Waals surface area contributed by atoms with Crippen molar-refractivity contribution in [3.8, 4) is 0 Å². The van der Waals surface area contributed by atoms with Gasteiger partial charge in [-0.25, -0.2) is 0 Å². The Hall–Kier alpha value is -0.860. The van der Waals surface area contributed by atoms with Crippen LogP contribution in [0.5, 0.6) is 0 Å². The SMILES string of the molecule is CCOC(=O)C(C)C1CCC(CC=O)CC1. The third-order valence-electron chi connectivity index (χ3n) is 3.69. The quantitative estimate of drug-likeness (QED) is 0.534. The molecule has 0 saturated heterocycles. The van der Waals surface area contributed by atoms with Crippen LogP contribution in [-0.2, 0) is 14.3 Å². The Morgan fingerprint density at radius 1 is 1.38 bits per heavy atom. The van der Waals surface area contributed by atoms with E-state index in [2.05, 4.69) is 0 Å². The fourth-order valence-corrected chi connectivity index (χ4v) is 2.53. The van der Waals surface area contributed by atoms with Crippen molar-refractivity contribution in [3.63, 3.8) is 0 Å². The molecule has 16 heavy (non-hydrogen) atoms. The van der Waals surface area contributed by atoms with Gasteiger partial charge in [-0.05, 0) is 44.4 Å². The largest absolute Gasteiger partial charge is 0.466 e. The molecule has 0 aromatic rings. The fraction of sp³-hybridized carbons (Fsp3) is 0.846. The monoisotopic (exact) mass is 226 g/mol. The van der Waals surface area contributed by atoms with E-state index in [1.165, 1.54) is 0 Å². The van der Waals surface area contributed by atoms with Crippen LogP contribution < -0.4 is 0 Å². The van der Waals surface area contributed by atoms with Crippen molar-refractivity contribution < 1.29 is 14.3 Å². The van der Waals surface area contributed by atoms with E-state index >= 15 is 0 Å². The minimum atomic E-state index is -0.0682. The van der Waals surface area contributed by atoms with E-state index in [1.54, 1.807) is 0 Å². The number of rotatable bonds is 5. The lowest BCUT2D eigenvalue weighted by atomic mass is 9.75. The maximum Gasteiger partial charge on any atom is 0.308 e. The first-order valence-electron chi connectivity index (χ1n) is 6.29. The molecule has 3 nitrogen and oxygen atoms in total. The Bertz CT molecular complexity index is 229. The van der Waals surface area contributed by atoms with E-state index in [0.29, 0.717) is 24.9 Å². The Morgan fingerprint density at radius 3 is 2.50 bits per heavy atom. The summed E-state index contributed by atoms with van der Waals surface area (Å²) in [6.45, 7) is 4.26. The zero-order valence-electron chi connectivity index (χ0n) is 10.3. The first kappa shape index (κ1) is 13.2. The maximum atomic E-state index is 11.6. The summed E-state index contributed by atoms with van der Waals surface area (Å²) in [6.07, 6.45) is 5.96. The number of carbonyl (C=O) groups is 2. The van der Waals surface area contributed by atoms with Crippen LogP contribution in [0.2, 0.25) is 0 Å². The van der Waals surface area contributed by atoms with Gasteiger partial charge in [0, 0.05) is 6.42 Å². The number of hydrogen-bond donors (Lipinski definition) is 0. The maximum absolute atomic E-state index is 11.6. The molecule has 0 aromatic heterocycles. The minimum Gasteiger partial charge on any atom is -0.466 e. The van der Waals surface area contributed by atoms with Gasteiger partial charge in [-0.15, -0.1) is 0 Å². The lowest BCUT2D eigenvalue weighted by Gasteiger charge is -2.30. The van der Waals surface area contributed by atoms with E-state index in [-0.39, 0.29) is 11.9 Å². The highest BCUT2D eigenvalue weighted by atomic mass is 16.5. The highest BCUT2D eigenvalue weighted by Gasteiger charge is 2.29. The van der Waals surface area contributed by atoms with Crippen LogP contribution in [0.4, 0.5) is 0 Å². The van der Waals surface area contributed by atoms with E-state index in [0.717, 1.165) is 32.0 Å². The second kappa shape index (κ2) is 6.66. The van der Waals surface area contributed by atoms with E-state index in [9.17, 15) is 9.59 Å². The summed E-state index contributed by atoms with van der Waals surface area (Å²) >= 11 is 0. The third kappa shape index (κ3) is 3.62. The Kier molecular flexibility index (Phi) is 5.50. The van der Waals surface area contributed by atoms with Crippen LogP contribution >= 0.6 is 0 Å². The van der Waals surface area contributed by atoms with Gasteiger partial charge in [0.25, 0.3) is 0 Å². The molecule has 3 heteroatoms. The summed E-state index contributed by atoms with van der Waals surface area (Å²) in [4.78, 5) is 22.0. The number of ether oxygens (including phenoxy) is 1. The fourth-order valence-electron chi connectivity index (χ4n) is 2.53. The van der Waals surface area contributed by atoms with Crippen molar-refractivity contribution in [2.45, 2.75) is 46.0 Å². The van der Waals surface area contributed by atoms with Gasteiger partial charge in [0.05, 0.1) is 12.5 Å². The summed E-state index contributed by atoms with van der Waals surface area (Å²) in [7, 11) is 0. The third-order valence-corrected chi connectivity index (χ3v) is 3.69. The summed E-state index contributed by atoms with van der Waals surface area (Å²) in [6, 6.07) is 0. The van der Waals surface area contributed by atoms with Crippen LogP contribution in [0.3, 0.4) is 0 Å². The average molecular weight is 226 g/mol. The van der Waals surface area contributed by atoms with Crippen molar-refractivity contribution in [3.05, 3.63) is 0 Å². The normalized spacial score (nSPS) is 27.1. The lowest BCUT2D eigenvalue weighted by molar-refractivity contribution is -0.149. The van der Waals surface area contributed by atoms with Crippen molar-refractivity contribution in [1.82, 2.24) is 0 Å². The predicted octanol–water partition coefficient (Wildman–Crippen LogP) is 2.58. The van der Waals surface area contributed by atoms with Crippen LogP contribution in [0.25, 0.3) is 0 Å². The van der Waals surface area contributed by atoms with Gasteiger partial charge >= 0.3 is 5.97 Å². The van der Waals surface area contributed by atoms with Gasteiger partial charge < -0.3 is 9.53 Å². The molecule has 0 N–H and O–H groups in total. The number of aldehydes is 1. The van der Waals surface area contributed by atoms with Gasteiger partial charge in [0.15, 0.2) is 0 Å². The molecule has 1 saturated carbocycles. The zero-order valence-corrected chi connectivity index (χ0v) is 10.3. The van der Waals surface area contributed by atoms with Crippen LogP contribution in [0.15, 0.2) is 0 Å². The van der Waals surface area contributed by atoms with Crippen molar-refractivity contribution in [2.24, 2.45) is 17.8 Å². The highest BCUT2D eigenvalue weighted by molar-refractivity contribution is 5.72. The average Bonchev–Trinajstić information content (AvgIpc) is 2.30. The lowest BCUT2D eigenvalue weighted by Crippen LogP contribution is -2.27. The molecule has 0 bridgehead atoms. The smallest absolute Gasteiger partial charge is 0.308 e. The van der Waals surface area contributed by atoms with Crippen LogP contribution in [0.1, 0.15) is 46.0 Å². The molecule has 0 aromatic carbocycles. The summed E-state index contributed by atoms with van der Waals surface area (Å²) in [5.74, 6) is 0.934. The van der Waals surface area contributed by atoms with E-state index in [4.69, 9.17) is 4.74 Å². The van der Waals surface area contributed by atoms with Crippen molar-refractivity contribution >= 4 is 12.3 Å². The Labute approximate surface area is 97.5 Å². The van der Waals surface area contributed by atoms with Gasteiger partial charge in [0.2, 0.25) is 0 Å². The summed E-state index contributed by atoms with van der Waals surface area (Å²) in [5.41, 5.74) is 0. The van der Waals surface area contributed by atoms with Gasteiger partial charge in [-0.1, -0.05) is 6.92 Å². The number of carbonyl (C=O) groups excluding carboxylic acids is 2. The molecule has 1 atom stereocenters. The number of esters is 1. The standard InChI is InChI=1S/C13H22O3/c1-3-16-13(15)10(2)12-6-4-11(5-7-12)8-9-14/h9-12H,3-8H2,1-2H3. The second-order valence-corrected chi connectivity index (χ2v) is 4.72. The van der Waals surface area contributed by atoms with E-state index < -0.39 is 0 Å². The molecule has 1 aliphatic carbocycles. The Morgan fingerprint density at radius 2 is 2.00 bits per heavy atom. The van der Waals surface area contributed by atoms with Gasteiger partial charge in [0.1, 0.15) is 6.29 Å². The molecular weight excluding hydrogens is 204 g/mol. The Balaban J connectivity index is 2.35. The topological polar surface area (TPSA) is 43.4 Å². The molecule has 92 valence electrons. The molecule has 1 aliphatic rings. The van der Waals surface area contributed by atoms with Gasteiger partial charge in [-0.3, -0.25) is 4.79 Å². The molecule has 0 aliphatic heterocycles. The first-order valence-corrected chi connectivity index (χ1v) is 6.29. The molecule has 1 rings (SSSR count). The van der Waals surface area contributed by atoms with Gasteiger partial charge in [-0.2, -0.15) is 0 Å². The molecule has 1 fully saturated rings. The van der Waals surface area contributed by atoms with Crippen molar-refractivity contribution in [1.29, 1.82) is 0 Å². The molecular formula is C13H22O3. The predicted molar refractivity (Wildman–Crippen MR) is 61.9 cm³/mol. The number of hydrogen-bond acceptors (Lipinski definition) is 3. The summed E-state index contributed by atoms with van der Waals surface area (Å²) in [5, 5.41) is 0. The summed E-state index contributed by atoms with van der Waals surface area (Å²) < 4.78 is 5.04. The minimum absolute atomic E-state index is 0.0112. The van der Waals surface area contributed by atoms with Crippen LogP contribution in [-0.4, -0.2) is 18.9 Å². The molecule has 0 radical (unpaired) electrons. The zero-order chi connectivity index (χ0) is 12.0. The molecule has 0 spiro atoms.